The molecule has 0 aromatic carbocycles. The van der Waals surface area contributed by atoms with E-state index in [2.05, 4.69) is 5.38 Å². The number of carbonyl (C=O) groups is 1. The number of thiophene rings is 1. The van der Waals surface area contributed by atoms with Gasteiger partial charge in [0.25, 0.3) is 5.91 Å². The Morgan fingerprint density at radius 3 is 3.16 bits per heavy atom. The first-order chi connectivity index (χ1) is 9.25. The van der Waals surface area contributed by atoms with Crippen LogP contribution in [0, 0.1) is 0 Å². The fourth-order valence-electron chi connectivity index (χ4n) is 2.82. The predicted octanol–water partition coefficient (Wildman–Crippen LogP) is 1.46. The molecule has 3 rings (SSSR count). The van der Waals surface area contributed by atoms with Crippen LogP contribution in [0.4, 0.5) is 0 Å². The van der Waals surface area contributed by atoms with Gasteiger partial charge in [0, 0.05) is 13.1 Å². The zero-order chi connectivity index (χ0) is 13.2. The van der Waals surface area contributed by atoms with Gasteiger partial charge in [-0.2, -0.15) is 0 Å². The summed E-state index contributed by atoms with van der Waals surface area (Å²) in [4.78, 5) is 15.2. The van der Waals surface area contributed by atoms with E-state index in [0.29, 0.717) is 26.3 Å². The van der Waals surface area contributed by atoms with Crippen LogP contribution < -0.4 is 0 Å². The molecule has 1 N–H and O–H groups in total. The summed E-state index contributed by atoms with van der Waals surface area (Å²) in [6.45, 7) is 1.79. The van der Waals surface area contributed by atoms with Crippen LogP contribution in [-0.2, 0) is 17.6 Å². The van der Waals surface area contributed by atoms with Crippen LogP contribution in [0.1, 0.15) is 33.6 Å². The predicted molar refractivity (Wildman–Crippen MR) is 73.7 cm³/mol. The Balaban J connectivity index is 1.81. The number of fused-ring (bicyclic) bond motifs is 1. The van der Waals surface area contributed by atoms with E-state index in [1.807, 2.05) is 0 Å². The van der Waals surface area contributed by atoms with Crippen molar-refractivity contribution in [1.82, 2.24) is 4.90 Å². The van der Waals surface area contributed by atoms with Crippen molar-refractivity contribution < 1.29 is 14.6 Å². The third kappa shape index (κ3) is 2.68. The maximum Gasteiger partial charge on any atom is 0.264 e. The third-order valence-electron chi connectivity index (χ3n) is 3.83. The number of β-amino-alcohol motifs (C(OH)–C–C–N with tert-alkyl or cyclic N) is 1. The van der Waals surface area contributed by atoms with Crippen molar-refractivity contribution in [2.24, 2.45) is 0 Å². The third-order valence-corrected chi connectivity index (χ3v) is 4.89. The molecule has 1 aliphatic carbocycles. The Hall–Kier alpha value is -0.910. The lowest BCUT2D eigenvalue weighted by molar-refractivity contribution is 0.0535. The van der Waals surface area contributed by atoms with E-state index in [-0.39, 0.29) is 5.91 Å². The molecular weight excluding hydrogens is 262 g/mol. The molecule has 5 heteroatoms. The fourth-order valence-corrected chi connectivity index (χ4v) is 3.94. The quantitative estimate of drug-likeness (QED) is 0.848. The highest BCUT2D eigenvalue weighted by Gasteiger charge is 2.26. The Morgan fingerprint density at radius 2 is 2.26 bits per heavy atom. The van der Waals surface area contributed by atoms with E-state index in [4.69, 9.17) is 4.74 Å². The first kappa shape index (κ1) is 13.1. The SMILES string of the molecule is O=C(c1scc2c1CCCC2)N1CCOCC(O)C1. The standard InChI is InChI=1S/C14H19NO3S/c16-11-7-15(5-6-18-8-11)14(17)13-12-4-2-1-3-10(12)9-19-13/h9,11,16H,1-8H2. The molecule has 1 unspecified atom stereocenters. The number of amides is 1. The maximum atomic E-state index is 12.6. The van der Waals surface area contributed by atoms with Gasteiger partial charge in [-0.15, -0.1) is 11.3 Å². The molecule has 2 heterocycles. The molecule has 1 fully saturated rings. The summed E-state index contributed by atoms with van der Waals surface area (Å²) >= 11 is 1.56. The zero-order valence-electron chi connectivity index (χ0n) is 10.9. The van der Waals surface area contributed by atoms with Crippen molar-refractivity contribution in [2.75, 3.05) is 26.3 Å². The summed E-state index contributed by atoms with van der Waals surface area (Å²) in [5.74, 6) is 0.0673. The van der Waals surface area contributed by atoms with Gasteiger partial charge in [0.05, 0.1) is 24.2 Å². The molecule has 1 saturated heterocycles. The molecule has 104 valence electrons. The van der Waals surface area contributed by atoms with Crippen LogP contribution in [0.2, 0.25) is 0 Å². The van der Waals surface area contributed by atoms with Crippen LogP contribution in [0.15, 0.2) is 5.38 Å². The Labute approximate surface area is 117 Å². The van der Waals surface area contributed by atoms with E-state index >= 15 is 0 Å². The molecule has 0 saturated carbocycles. The Bertz CT molecular complexity index is 471. The molecule has 2 aliphatic rings. The van der Waals surface area contributed by atoms with E-state index in [0.717, 1.165) is 17.7 Å². The molecule has 4 nitrogen and oxygen atoms in total. The van der Waals surface area contributed by atoms with Crippen molar-refractivity contribution in [3.05, 3.63) is 21.4 Å². The van der Waals surface area contributed by atoms with Crippen molar-refractivity contribution in [2.45, 2.75) is 31.8 Å². The summed E-state index contributed by atoms with van der Waals surface area (Å²) in [5, 5.41) is 11.9. The zero-order valence-corrected chi connectivity index (χ0v) is 11.7. The highest BCUT2D eigenvalue weighted by atomic mass is 32.1. The smallest absolute Gasteiger partial charge is 0.264 e. The topological polar surface area (TPSA) is 49.8 Å². The molecule has 1 atom stereocenters. The van der Waals surface area contributed by atoms with Gasteiger partial charge in [0.15, 0.2) is 0 Å². The molecule has 0 radical (unpaired) electrons. The first-order valence-corrected chi connectivity index (χ1v) is 7.78. The summed E-state index contributed by atoms with van der Waals surface area (Å²) in [6.07, 6.45) is 3.96. The average molecular weight is 281 g/mol. The molecule has 1 aromatic rings. The van der Waals surface area contributed by atoms with Gasteiger partial charge in [-0.3, -0.25) is 4.79 Å². The van der Waals surface area contributed by atoms with Gasteiger partial charge in [-0.1, -0.05) is 0 Å². The molecule has 1 amide bonds. The highest BCUT2D eigenvalue weighted by Crippen LogP contribution is 2.30. The second-order valence-corrected chi connectivity index (χ2v) is 6.14. The van der Waals surface area contributed by atoms with E-state index < -0.39 is 6.10 Å². The largest absolute Gasteiger partial charge is 0.389 e. The molecule has 1 aliphatic heterocycles. The van der Waals surface area contributed by atoms with Gasteiger partial charge in [0.2, 0.25) is 0 Å². The average Bonchev–Trinajstić information content (AvgIpc) is 2.73. The van der Waals surface area contributed by atoms with Gasteiger partial charge in [-0.25, -0.2) is 0 Å². The number of aliphatic hydroxyl groups is 1. The minimum absolute atomic E-state index is 0.0673. The Kier molecular flexibility index (Phi) is 3.86. The van der Waals surface area contributed by atoms with E-state index in [1.165, 1.54) is 24.0 Å². The summed E-state index contributed by atoms with van der Waals surface area (Å²) in [5.41, 5.74) is 2.60. The fraction of sp³-hybridized carbons (Fsp3) is 0.643. The number of carbonyl (C=O) groups excluding carboxylic acids is 1. The van der Waals surface area contributed by atoms with Gasteiger partial charge in [0.1, 0.15) is 0 Å². The van der Waals surface area contributed by atoms with Crippen LogP contribution in [0.5, 0.6) is 0 Å². The van der Waals surface area contributed by atoms with Crippen molar-refractivity contribution in [3.8, 4) is 0 Å². The number of hydrogen-bond donors (Lipinski definition) is 1. The molecular formula is C14H19NO3S. The molecule has 1 aromatic heterocycles. The number of rotatable bonds is 1. The second-order valence-electron chi connectivity index (χ2n) is 5.26. The highest BCUT2D eigenvalue weighted by molar-refractivity contribution is 7.12. The number of nitrogens with zero attached hydrogens (tertiary/aromatic N) is 1. The van der Waals surface area contributed by atoms with Crippen LogP contribution in [0.3, 0.4) is 0 Å². The van der Waals surface area contributed by atoms with E-state index in [1.54, 1.807) is 16.2 Å². The van der Waals surface area contributed by atoms with Gasteiger partial charge in [-0.05, 0) is 42.2 Å². The normalized spacial score (nSPS) is 23.8. The lowest BCUT2D eigenvalue weighted by Gasteiger charge is -2.22. The molecule has 19 heavy (non-hydrogen) atoms. The van der Waals surface area contributed by atoms with Crippen molar-refractivity contribution in [1.29, 1.82) is 0 Å². The van der Waals surface area contributed by atoms with Gasteiger partial charge < -0.3 is 14.7 Å². The number of aliphatic hydroxyl groups excluding tert-OH is 1. The number of aryl methyl sites for hydroxylation is 1. The summed E-state index contributed by atoms with van der Waals surface area (Å²) in [6, 6.07) is 0. The minimum Gasteiger partial charge on any atom is -0.389 e. The number of ether oxygens (including phenoxy) is 1. The first-order valence-electron chi connectivity index (χ1n) is 6.90. The van der Waals surface area contributed by atoms with E-state index in [9.17, 15) is 9.90 Å². The molecule has 0 spiro atoms. The van der Waals surface area contributed by atoms with Crippen LogP contribution in [-0.4, -0.2) is 48.3 Å². The summed E-state index contributed by atoms with van der Waals surface area (Å²) < 4.78 is 5.28. The monoisotopic (exact) mass is 281 g/mol. The van der Waals surface area contributed by atoms with Crippen molar-refractivity contribution in [3.63, 3.8) is 0 Å². The minimum atomic E-state index is -0.567. The second kappa shape index (κ2) is 5.61. The lowest BCUT2D eigenvalue weighted by Crippen LogP contribution is -2.37. The summed E-state index contributed by atoms with van der Waals surface area (Å²) in [7, 11) is 0. The molecule has 0 bridgehead atoms. The van der Waals surface area contributed by atoms with Crippen LogP contribution >= 0.6 is 11.3 Å². The number of hydrogen-bond acceptors (Lipinski definition) is 4. The Morgan fingerprint density at radius 1 is 1.42 bits per heavy atom. The van der Waals surface area contributed by atoms with Crippen LogP contribution in [0.25, 0.3) is 0 Å². The lowest BCUT2D eigenvalue weighted by atomic mass is 9.93. The van der Waals surface area contributed by atoms with Crippen molar-refractivity contribution >= 4 is 17.2 Å². The maximum absolute atomic E-state index is 12.6. The van der Waals surface area contributed by atoms with Gasteiger partial charge >= 0.3 is 0 Å².